The van der Waals surface area contributed by atoms with Crippen molar-refractivity contribution in [3.8, 4) is 0 Å². The molecule has 0 fully saturated rings. The van der Waals surface area contributed by atoms with E-state index in [1.165, 1.54) is 20.1 Å². The van der Waals surface area contributed by atoms with Gasteiger partial charge in [0, 0.05) is 35.3 Å². The van der Waals surface area contributed by atoms with Gasteiger partial charge in [-0.25, -0.2) is 18.2 Å². The van der Waals surface area contributed by atoms with E-state index in [1.807, 2.05) is 0 Å². The van der Waals surface area contributed by atoms with E-state index in [-0.39, 0.29) is 17.0 Å². The molecule has 0 saturated heterocycles. The van der Waals surface area contributed by atoms with E-state index in [9.17, 15) is 13.2 Å². The van der Waals surface area contributed by atoms with E-state index in [0.717, 1.165) is 6.07 Å². The van der Waals surface area contributed by atoms with Crippen molar-refractivity contribution in [3.05, 3.63) is 63.8 Å². The van der Waals surface area contributed by atoms with Crippen molar-refractivity contribution < 1.29 is 22.3 Å². The zero-order valence-electron chi connectivity index (χ0n) is 14.1. The Kier molecular flexibility index (Phi) is 5.34. The quantitative estimate of drug-likeness (QED) is 0.525. The van der Waals surface area contributed by atoms with Crippen LogP contribution in [0.2, 0.25) is 5.02 Å². The zero-order chi connectivity index (χ0) is 18.8. The molecule has 26 heavy (non-hydrogen) atoms. The molecule has 3 rings (SSSR count). The molecule has 0 aliphatic heterocycles. The van der Waals surface area contributed by atoms with Crippen molar-refractivity contribution in [2.45, 2.75) is 13.3 Å². The van der Waals surface area contributed by atoms with Gasteiger partial charge in [0.1, 0.15) is 11.3 Å². The third-order valence-electron chi connectivity index (χ3n) is 3.93. The Morgan fingerprint density at radius 3 is 2.73 bits per heavy atom. The summed E-state index contributed by atoms with van der Waals surface area (Å²) in [5.74, 6) is -2.92. The first-order chi connectivity index (χ1) is 12.4. The number of hydrogen-bond acceptors (Lipinski definition) is 3. The first-order valence-electron chi connectivity index (χ1n) is 7.80. The van der Waals surface area contributed by atoms with E-state index in [1.54, 1.807) is 18.2 Å². The molecule has 0 atom stereocenters. The van der Waals surface area contributed by atoms with Crippen LogP contribution in [-0.2, 0) is 4.74 Å². The molecule has 0 saturated carbocycles. The highest BCUT2D eigenvalue weighted by Crippen LogP contribution is 2.29. The highest BCUT2D eigenvalue weighted by Gasteiger charge is 2.17. The third kappa shape index (κ3) is 3.61. The van der Waals surface area contributed by atoms with Gasteiger partial charge in [-0.3, -0.25) is 0 Å². The third-order valence-corrected chi connectivity index (χ3v) is 4.17. The van der Waals surface area contributed by atoms with Crippen LogP contribution in [0.5, 0.6) is 0 Å². The van der Waals surface area contributed by atoms with E-state index in [2.05, 4.69) is 4.98 Å². The number of methoxy groups -OCH3 is 1. The van der Waals surface area contributed by atoms with Crippen molar-refractivity contribution >= 4 is 34.3 Å². The molecule has 0 aliphatic rings. The number of benzene rings is 2. The van der Waals surface area contributed by atoms with E-state index < -0.39 is 17.5 Å². The van der Waals surface area contributed by atoms with E-state index in [4.69, 9.17) is 20.8 Å². The highest BCUT2D eigenvalue weighted by atomic mass is 35.5. The first-order valence-corrected chi connectivity index (χ1v) is 8.18. The lowest BCUT2D eigenvalue weighted by Gasteiger charge is -2.07. The minimum Gasteiger partial charge on any atom is -0.436 e. The molecule has 0 aliphatic carbocycles. The number of aromatic nitrogens is 1. The molecule has 3 nitrogen and oxygen atoms in total. The van der Waals surface area contributed by atoms with Gasteiger partial charge in [0.15, 0.2) is 17.2 Å². The Morgan fingerprint density at radius 2 is 2.00 bits per heavy atom. The van der Waals surface area contributed by atoms with Crippen molar-refractivity contribution in [2.24, 2.45) is 0 Å². The van der Waals surface area contributed by atoms with Crippen molar-refractivity contribution in [1.82, 2.24) is 4.98 Å². The minimum atomic E-state index is -1.20. The average molecular weight is 382 g/mol. The lowest BCUT2D eigenvalue weighted by molar-refractivity contribution is 0.205. The molecule has 0 bridgehead atoms. The van der Waals surface area contributed by atoms with Gasteiger partial charge in [0.2, 0.25) is 5.89 Å². The van der Waals surface area contributed by atoms with Crippen LogP contribution in [0.15, 0.2) is 28.7 Å². The maximum atomic E-state index is 14.3. The summed E-state index contributed by atoms with van der Waals surface area (Å²) in [6.45, 7) is 1.50. The molecule has 7 heteroatoms. The largest absolute Gasteiger partial charge is 0.436 e. The van der Waals surface area contributed by atoms with Crippen molar-refractivity contribution in [3.63, 3.8) is 0 Å². The minimum absolute atomic E-state index is 0.0900. The summed E-state index contributed by atoms with van der Waals surface area (Å²) in [6, 6.07) is 5.78. The number of nitrogens with zero attached hydrogens (tertiary/aromatic N) is 1. The van der Waals surface area contributed by atoms with Crippen LogP contribution in [0, 0.1) is 24.4 Å². The molecule has 0 N–H and O–H groups in total. The van der Waals surface area contributed by atoms with E-state index in [0.29, 0.717) is 34.7 Å². The molecular weight excluding hydrogens is 367 g/mol. The van der Waals surface area contributed by atoms with Crippen LogP contribution in [0.25, 0.3) is 22.7 Å². The molecular formula is C19H15ClF3NO2. The van der Waals surface area contributed by atoms with Crippen molar-refractivity contribution in [2.75, 3.05) is 13.7 Å². The number of oxazole rings is 1. The smallest absolute Gasteiger partial charge is 0.223 e. The summed E-state index contributed by atoms with van der Waals surface area (Å²) in [6.07, 6.45) is 1.73. The highest BCUT2D eigenvalue weighted by molar-refractivity contribution is 6.31. The summed E-state index contributed by atoms with van der Waals surface area (Å²) in [5.41, 5.74) is 1.07. The second-order valence-corrected chi connectivity index (χ2v) is 6.18. The fourth-order valence-electron chi connectivity index (χ4n) is 2.54. The molecule has 136 valence electrons. The van der Waals surface area contributed by atoms with Crippen molar-refractivity contribution in [1.29, 1.82) is 0 Å². The fraction of sp³-hybridized carbons (Fsp3) is 0.211. The van der Waals surface area contributed by atoms with Gasteiger partial charge in [-0.1, -0.05) is 11.6 Å². The maximum absolute atomic E-state index is 14.3. The molecule has 0 radical (unpaired) electrons. The molecule has 1 heterocycles. The topological polar surface area (TPSA) is 35.3 Å². The number of ether oxygens (including phenoxy) is 1. The monoisotopic (exact) mass is 381 g/mol. The predicted molar refractivity (Wildman–Crippen MR) is 94.4 cm³/mol. The second-order valence-electron chi connectivity index (χ2n) is 5.74. The standard InChI is InChI=1S/C19H15ClF3NO2/c1-10-17(22)12(8-14(21)18(10)23)7-11(5-6-25-2)19-24-15-9-13(20)3-4-16(15)26-19/h3-4,7-9H,5-6H2,1-2H3. The van der Waals surface area contributed by atoms with Gasteiger partial charge in [-0.05, 0) is 37.3 Å². The number of hydrogen-bond donors (Lipinski definition) is 0. The summed E-state index contributed by atoms with van der Waals surface area (Å²) in [7, 11) is 1.52. The lowest BCUT2D eigenvalue weighted by atomic mass is 10.0. The van der Waals surface area contributed by atoms with Gasteiger partial charge in [-0.15, -0.1) is 0 Å². The summed E-state index contributed by atoms with van der Waals surface area (Å²) in [5, 5.41) is 0.502. The van der Waals surface area contributed by atoms with Crippen LogP contribution in [0.3, 0.4) is 0 Å². The van der Waals surface area contributed by atoms with Crippen LogP contribution >= 0.6 is 11.6 Å². The number of fused-ring (bicyclic) bond motifs is 1. The van der Waals surface area contributed by atoms with E-state index >= 15 is 0 Å². The van der Waals surface area contributed by atoms with Gasteiger partial charge in [0.25, 0.3) is 0 Å². The zero-order valence-corrected chi connectivity index (χ0v) is 14.8. The van der Waals surface area contributed by atoms with Gasteiger partial charge in [-0.2, -0.15) is 0 Å². The fourth-order valence-corrected chi connectivity index (χ4v) is 2.71. The first kappa shape index (κ1) is 18.5. The Bertz CT molecular complexity index is 998. The van der Waals surface area contributed by atoms with Gasteiger partial charge >= 0.3 is 0 Å². The summed E-state index contributed by atoms with van der Waals surface area (Å²) in [4.78, 5) is 4.35. The Morgan fingerprint density at radius 1 is 1.23 bits per heavy atom. The van der Waals surface area contributed by atoms with Gasteiger partial charge < -0.3 is 9.15 Å². The Labute approximate surface area is 153 Å². The second kappa shape index (κ2) is 7.51. The normalized spacial score (nSPS) is 12.2. The average Bonchev–Trinajstić information content (AvgIpc) is 3.03. The molecule has 0 amide bonds. The molecule has 1 aromatic heterocycles. The lowest BCUT2D eigenvalue weighted by Crippen LogP contribution is -1.99. The molecule has 3 aromatic rings. The number of rotatable bonds is 5. The maximum Gasteiger partial charge on any atom is 0.223 e. The van der Waals surface area contributed by atoms with Crippen LogP contribution in [0.4, 0.5) is 13.2 Å². The summed E-state index contributed by atoms with van der Waals surface area (Å²) < 4.78 is 52.3. The predicted octanol–water partition coefficient (Wildman–Crippen LogP) is 5.78. The molecule has 0 unspecified atom stereocenters. The molecule has 2 aromatic carbocycles. The van der Waals surface area contributed by atoms with Crippen LogP contribution < -0.4 is 0 Å². The molecule has 0 spiro atoms. The Hall–Kier alpha value is -2.31. The van der Waals surface area contributed by atoms with Crippen LogP contribution in [0.1, 0.15) is 23.4 Å². The van der Waals surface area contributed by atoms with Crippen LogP contribution in [-0.4, -0.2) is 18.7 Å². The number of halogens is 4. The Balaban J connectivity index is 2.12. The summed E-state index contributed by atoms with van der Waals surface area (Å²) >= 11 is 5.95. The van der Waals surface area contributed by atoms with Gasteiger partial charge in [0.05, 0.1) is 6.61 Å². The SMILES string of the molecule is COCCC(=Cc1cc(F)c(F)c(C)c1F)c1nc2cc(Cl)ccc2o1.